The molecule has 25 heavy (non-hydrogen) atoms. The van der Waals surface area contributed by atoms with E-state index in [9.17, 15) is 12.8 Å². The molecule has 0 aliphatic heterocycles. The summed E-state index contributed by atoms with van der Waals surface area (Å²) >= 11 is 21.3. The maximum Gasteiger partial charge on any atom is 0.324 e. The topological polar surface area (TPSA) is 53.8 Å². The fourth-order valence-corrected chi connectivity index (χ4v) is 4.28. The molecule has 0 unspecified atom stereocenters. The number of alkyl halides is 3. The lowest BCUT2D eigenvalue weighted by molar-refractivity contribution is 0.510. The molecule has 0 radical (unpaired) electrons. The SMILES string of the molecule is CN(C)S(=O)(=O)N(SC(F)(Cl)Cl)c1ccccc1.Clc1[c-]occ1Cl. The van der Waals surface area contributed by atoms with Crippen LogP contribution in [0, 0.1) is 6.26 Å². The molecule has 0 aliphatic carbocycles. The van der Waals surface area contributed by atoms with Gasteiger partial charge in [0.15, 0.2) is 0 Å². The highest BCUT2D eigenvalue weighted by atomic mass is 35.5. The second-order valence-electron chi connectivity index (χ2n) is 4.39. The summed E-state index contributed by atoms with van der Waals surface area (Å²) in [4.78, 5) is 0. The second kappa shape index (κ2) is 9.55. The van der Waals surface area contributed by atoms with Crippen molar-refractivity contribution in [1.82, 2.24) is 4.31 Å². The van der Waals surface area contributed by atoms with Gasteiger partial charge in [0, 0.05) is 32.3 Å². The standard InChI is InChI=1S/C9H11Cl2FN2O2S2.C4HCl2O/c1-13(2)18(15,16)14(17-9(10,11)12)8-6-4-3-5-7-8;5-3-1-7-2-4(3)6/h3-7H,1-2H3;1H/q;-1. The molecule has 0 bridgehead atoms. The van der Waals surface area contributed by atoms with Crippen molar-refractivity contribution in [3.8, 4) is 0 Å². The quantitative estimate of drug-likeness (QED) is 0.335. The summed E-state index contributed by atoms with van der Waals surface area (Å²) < 4.78 is 40.8. The zero-order valence-electron chi connectivity index (χ0n) is 12.8. The number of furan rings is 1. The van der Waals surface area contributed by atoms with E-state index in [1.165, 1.54) is 32.5 Å². The van der Waals surface area contributed by atoms with Crippen LogP contribution in [0.4, 0.5) is 10.1 Å². The Kier molecular flexibility index (Phi) is 8.66. The molecule has 0 amide bonds. The van der Waals surface area contributed by atoms with E-state index in [0.717, 1.165) is 8.02 Å². The molecule has 0 saturated heterocycles. The molecule has 0 atom stereocenters. The van der Waals surface area contributed by atoms with Gasteiger partial charge in [-0.2, -0.15) is 32.4 Å². The third-order valence-corrected chi connectivity index (χ3v) is 6.34. The number of benzene rings is 1. The van der Waals surface area contributed by atoms with Crippen LogP contribution in [0.25, 0.3) is 0 Å². The van der Waals surface area contributed by atoms with Crippen LogP contribution in [0.3, 0.4) is 0 Å². The van der Waals surface area contributed by atoms with E-state index in [1.807, 2.05) is 0 Å². The molecule has 1 heterocycles. The smallest absolute Gasteiger partial charge is 0.324 e. The van der Waals surface area contributed by atoms with Crippen molar-refractivity contribution in [1.29, 1.82) is 0 Å². The molecule has 0 aliphatic rings. The Morgan fingerprint density at radius 1 is 1.20 bits per heavy atom. The van der Waals surface area contributed by atoms with Gasteiger partial charge in [0.1, 0.15) is 0 Å². The van der Waals surface area contributed by atoms with Gasteiger partial charge in [0.2, 0.25) is 0 Å². The molecule has 0 fully saturated rings. The second-order valence-corrected chi connectivity index (χ2v) is 10.2. The zero-order valence-corrected chi connectivity index (χ0v) is 17.4. The van der Waals surface area contributed by atoms with Crippen molar-refractivity contribution in [2.24, 2.45) is 0 Å². The average Bonchev–Trinajstić information content (AvgIpc) is 2.89. The molecule has 2 rings (SSSR count). The summed E-state index contributed by atoms with van der Waals surface area (Å²) in [5.74, 6) is 0. The molecule has 0 saturated carbocycles. The average molecular weight is 469 g/mol. The summed E-state index contributed by atoms with van der Waals surface area (Å²) in [6, 6.07) is 7.97. The predicted molar refractivity (Wildman–Crippen MR) is 102 cm³/mol. The number of para-hydroxylation sites is 1. The van der Waals surface area contributed by atoms with Gasteiger partial charge in [-0.05, 0) is 23.4 Å². The Hall–Kier alpha value is -0.350. The van der Waals surface area contributed by atoms with Crippen LogP contribution >= 0.6 is 58.4 Å². The fraction of sp³-hybridized carbons (Fsp3) is 0.231. The summed E-state index contributed by atoms with van der Waals surface area (Å²) in [5.41, 5.74) is 0.250. The summed E-state index contributed by atoms with van der Waals surface area (Å²) in [6.45, 7) is 0. The van der Waals surface area contributed by atoms with E-state index in [-0.39, 0.29) is 17.6 Å². The summed E-state index contributed by atoms with van der Waals surface area (Å²) in [5, 5.41) is 0.739. The molecule has 2 aromatic rings. The van der Waals surface area contributed by atoms with Crippen molar-refractivity contribution >= 4 is 74.2 Å². The Labute approximate surface area is 169 Å². The van der Waals surface area contributed by atoms with Gasteiger partial charge >= 0.3 is 14.1 Å². The minimum Gasteiger partial charge on any atom is -0.596 e. The third-order valence-electron chi connectivity index (χ3n) is 2.35. The van der Waals surface area contributed by atoms with Crippen LogP contribution in [0.15, 0.2) is 41.0 Å². The van der Waals surface area contributed by atoms with E-state index < -0.39 is 14.1 Å². The maximum atomic E-state index is 13.3. The Morgan fingerprint density at radius 2 is 1.76 bits per heavy atom. The maximum absolute atomic E-state index is 13.3. The van der Waals surface area contributed by atoms with Gasteiger partial charge in [0.25, 0.3) is 0 Å². The molecule has 1 aromatic heterocycles. The van der Waals surface area contributed by atoms with Crippen molar-refractivity contribution in [3.63, 3.8) is 0 Å². The lowest BCUT2D eigenvalue weighted by Gasteiger charge is -2.27. The minimum atomic E-state index is -3.90. The first-order chi connectivity index (χ1) is 11.4. The highest BCUT2D eigenvalue weighted by Crippen LogP contribution is 2.42. The highest BCUT2D eigenvalue weighted by Gasteiger charge is 2.35. The molecular formula is C13H12Cl4FN2O3S2-. The van der Waals surface area contributed by atoms with Gasteiger partial charge in [-0.15, -0.1) is 11.6 Å². The largest absolute Gasteiger partial charge is 0.596 e. The van der Waals surface area contributed by atoms with Gasteiger partial charge in [-0.25, -0.2) is 0 Å². The number of nitrogens with zero attached hydrogens (tertiary/aromatic N) is 2. The zero-order chi connectivity index (χ0) is 19.3. The third kappa shape index (κ3) is 7.42. The first-order valence-corrected chi connectivity index (χ1v) is 9.97. The van der Waals surface area contributed by atoms with Crippen molar-refractivity contribution in [2.45, 2.75) is 3.92 Å². The van der Waals surface area contributed by atoms with Crippen LogP contribution < -0.4 is 3.71 Å². The summed E-state index contributed by atoms with van der Waals surface area (Å²) in [7, 11) is -1.25. The Balaban J connectivity index is 0.000000370. The van der Waals surface area contributed by atoms with Crippen LogP contribution in [-0.2, 0) is 10.2 Å². The first kappa shape index (κ1) is 22.7. The molecule has 0 N–H and O–H groups in total. The van der Waals surface area contributed by atoms with Crippen molar-refractivity contribution < 1.29 is 17.2 Å². The van der Waals surface area contributed by atoms with Crippen molar-refractivity contribution in [2.75, 3.05) is 17.8 Å². The molecular weight excluding hydrogens is 457 g/mol. The molecule has 0 spiro atoms. The number of anilines is 1. The number of hydrogen-bond donors (Lipinski definition) is 0. The van der Waals surface area contributed by atoms with E-state index in [1.54, 1.807) is 18.2 Å². The normalized spacial score (nSPS) is 11.8. The van der Waals surface area contributed by atoms with E-state index in [4.69, 9.17) is 46.4 Å². The van der Waals surface area contributed by atoms with E-state index in [2.05, 4.69) is 10.7 Å². The Bertz CT molecular complexity index is 751. The van der Waals surface area contributed by atoms with Crippen LogP contribution in [-0.4, -0.2) is 30.7 Å². The van der Waals surface area contributed by atoms with Crippen LogP contribution in [0.5, 0.6) is 0 Å². The summed E-state index contributed by atoms with van der Waals surface area (Å²) in [6.07, 6.45) is 3.65. The van der Waals surface area contributed by atoms with Gasteiger partial charge < -0.3 is 4.42 Å². The number of hydrogen-bond acceptors (Lipinski definition) is 4. The lowest BCUT2D eigenvalue weighted by Crippen LogP contribution is -2.37. The molecule has 5 nitrogen and oxygen atoms in total. The molecule has 140 valence electrons. The highest BCUT2D eigenvalue weighted by molar-refractivity contribution is 8.15. The Morgan fingerprint density at radius 3 is 2.08 bits per heavy atom. The number of halogens is 5. The van der Waals surface area contributed by atoms with Gasteiger partial charge in [0.05, 0.1) is 5.69 Å². The van der Waals surface area contributed by atoms with Gasteiger partial charge in [-0.3, -0.25) is 0 Å². The molecule has 1 aromatic carbocycles. The monoisotopic (exact) mass is 467 g/mol. The molecule has 12 heteroatoms. The van der Waals surface area contributed by atoms with Crippen LogP contribution in [0.2, 0.25) is 10.0 Å². The fourth-order valence-electron chi connectivity index (χ4n) is 1.26. The first-order valence-electron chi connectivity index (χ1n) is 6.29. The number of rotatable bonds is 5. The van der Waals surface area contributed by atoms with Crippen LogP contribution in [0.1, 0.15) is 0 Å². The minimum absolute atomic E-state index is 0.158. The predicted octanol–water partition coefficient (Wildman–Crippen LogP) is 5.39. The lowest BCUT2D eigenvalue weighted by atomic mass is 10.3. The van der Waals surface area contributed by atoms with E-state index >= 15 is 0 Å². The van der Waals surface area contributed by atoms with E-state index in [0.29, 0.717) is 10.0 Å². The van der Waals surface area contributed by atoms with Gasteiger partial charge in [-0.1, -0.05) is 46.4 Å². The van der Waals surface area contributed by atoms with Crippen molar-refractivity contribution in [3.05, 3.63) is 52.9 Å².